The number of rotatable bonds is 2. The molecule has 2 saturated heterocycles. The molecule has 0 aliphatic carbocycles. The van der Waals surface area contributed by atoms with Crippen LogP contribution in [0.15, 0.2) is 57.8 Å². The lowest BCUT2D eigenvalue weighted by Crippen LogP contribution is -2.48. The normalized spacial score (nSPS) is 21.8. The molecular formula is C24H25N5O3S. The van der Waals surface area contributed by atoms with E-state index in [-0.39, 0.29) is 10.8 Å². The minimum Gasteiger partial charge on any atom is -0.370 e. The molecule has 33 heavy (non-hydrogen) atoms. The zero-order valence-corrected chi connectivity index (χ0v) is 19.0. The first-order valence-electron chi connectivity index (χ1n) is 11.2. The first kappa shape index (κ1) is 21.5. The molecule has 3 aliphatic heterocycles. The van der Waals surface area contributed by atoms with Crippen molar-refractivity contribution in [1.82, 2.24) is 9.80 Å². The predicted molar refractivity (Wildman–Crippen MR) is 124 cm³/mol. The molecule has 0 radical (unpaired) electrons. The molecule has 0 aromatic heterocycles. The predicted octanol–water partition coefficient (Wildman–Crippen LogP) is 2.21. The lowest BCUT2D eigenvalue weighted by Gasteiger charge is -2.31. The van der Waals surface area contributed by atoms with E-state index < -0.39 is 16.1 Å². The largest absolute Gasteiger partial charge is 0.370 e. The van der Waals surface area contributed by atoms with Crippen LogP contribution in [0.3, 0.4) is 0 Å². The molecule has 1 atom stereocenters. The summed E-state index contributed by atoms with van der Waals surface area (Å²) < 4.78 is 29.1. The van der Waals surface area contributed by atoms with E-state index in [2.05, 4.69) is 15.4 Å². The third-order valence-corrected chi connectivity index (χ3v) is 7.92. The number of benzene rings is 2. The number of amides is 1. The van der Waals surface area contributed by atoms with Crippen LogP contribution in [-0.4, -0.2) is 68.7 Å². The Kier molecular flexibility index (Phi) is 5.54. The lowest BCUT2D eigenvalue weighted by molar-refractivity contribution is -0.134. The molecule has 2 aromatic rings. The van der Waals surface area contributed by atoms with Gasteiger partial charge in [-0.2, -0.15) is 13.7 Å². The number of likely N-dealkylation sites (tertiary alicyclic amines) is 1. The molecule has 0 spiro atoms. The number of carbonyl (C=O) groups is 1. The number of carbonyl (C=O) groups excluding carboxylic acids is 1. The lowest BCUT2D eigenvalue weighted by atomic mass is 10.1. The SMILES string of the molecule is N#Cc1ccc(N2CCCN(C(=O)[C@@H]3CCCN3C3=NS(=O)(=O)c4ccccc43)CC2)cc1. The van der Waals surface area contributed by atoms with E-state index in [1.54, 1.807) is 24.3 Å². The maximum absolute atomic E-state index is 13.5. The fourth-order valence-electron chi connectivity index (χ4n) is 4.93. The van der Waals surface area contributed by atoms with Crippen molar-refractivity contribution >= 4 is 27.5 Å². The van der Waals surface area contributed by atoms with Crippen molar-refractivity contribution in [3.05, 3.63) is 59.7 Å². The summed E-state index contributed by atoms with van der Waals surface area (Å²) in [6.07, 6.45) is 2.36. The van der Waals surface area contributed by atoms with Gasteiger partial charge in [-0.1, -0.05) is 12.1 Å². The van der Waals surface area contributed by atoms with Gasteiger partial charge in [0.1, 0.15) is 10.9 Å². The van der Waals surface area contributed by atoms with Crippen molar-refractivity contribution in [2.45, 2.75) is 30.2 Å². The molecule has 2 fully saturated rings. The number of amidine groups is 1. The number of nitrogens with zero attached hydrogens (tertiary/aromatic N) is 5. The number of anilines is 1. The number of hydrogen-bond donors (Lipinski definition) is 0. The van der Waals surface area contributed by atoms with E-state index in [1.165, 1.54) is 0 Å². The zero-order chi connectivity index (χ0) is 23.0. The van der Waals surface area contributed by atoms with E-state index in [1.807, 2.05) is 34.1 Å². The van der Waals surface area contributed by atoms with E-state index in [0.29, 0.717) is 49.6 Å². The summed E-state index contributed by atoms with van der Waals surface area (Å²) in [6, 6.07) is 16.1. The summed E-state index contributed by atoms with van der Waals surface area (Å²) >= 11 is 0. The molecule has 8 nitrogen and oxygen atoms in total. The molecule has 0 bridgehead atoms. The van der Waals surface area contributed by atoms with Crippen LogP contribution in [0.4, 0.5) is 5.69 Å². The molecule has 0 unspecified atom stereocenters. The van der Waals surface area contributed by atoms with Gasteiger partial charge in [0.05, 0.1) is 11.6 Å². The number of nitriles is 1. The highest BCUT2D eigenvalue weighted by Crippen LogP contribution is 2.31. The highest BCUT2D eigenvalue weighted by Gasteiger charge is 2.40. The fraction of sp³-hybridized carbons (Fsp3) is 0.375. The standard InChI is InChI=1S/C24H25N5O3S/c25-17-18-8-10-19(11-9-18)27-12-4-13-28(16-15-27)24(30)21-6-3-14-29(21)23-20-5-1-2-7-22(20)33(31,32)26-23/h1-2,5,7-11,21H,3-4,6,12-16H2/t21-/m0/s1. The molecule has 170 valence electrons. The molecule has 5 rings (SSSR count). The topological polar surface area (TPSA) is 97.1 Å². The van der Waals surface area contributed by atoms with Crippen LogP contribution in [0.2, 0.25) is 0 Å². The highest BCUT2D eigenvalue weighted by atomic mass is 32.2. The van der Waals surface area contributed by atoms with E-state index >= 15 is 0 Å². The van der Waals surface area contributed by atoms with Gasteiger partial charge in [-0.25, -0.2) is 0 Å². The van der Waals surface area contributed by atoms with E-state index in [9.17, 15) is 13.2 Å². The Hall–Kier alpha value is -3.38. The van der Waals surface area contributed by atoms with Gasteiger partial charge in [-0.05, 0) is 55.7 Å². The Labute approximate surface area is 193 Å². The van der Waals surface area contributed by atoms with Crippen LogP contribution in [0.25, 0.3) is 0 Å². The highest BCUT2D eigenvalue weighted by molar-refractivity contribution is 7.90. The molecule has 3 heterocycles. The van der Waals surface area contributed by atoms with Crippen molar-refractivity contribution in [3.63, 3.8) is 0 Å². The second kappa shape index (κ2) is 8.52. The third-order valence-electron chi connectivity index (χ3n) is 6.59. The minimum absolute atomic E-state index is 0.0404. The quantitative estimate of drug-likeness (QED) is 0.678. The van der Waals surface area contributed by atoms with Gasteiger partial charge < -0.3 is 14.7 Å². The average Bonchev–Trinajstić information content (AvgIpc) is 3.32. The Balaban J connectivity index is 1.32. The Morgan fingerprint density at radius 2 is 1.76 bits per heavy atom. The molecule has 0 saturated carbocycles. The Morgan fingerprint density at radius 1 is 0.970 bits per heavy atom. The van der Waals surface area contributed by atoms with Crippen LogP contribution >= 0.6 is 0 Å². The van der Waals surface area contributed by atoms with Gasteiger partial charge in [0.25, 0.3) is 10.0 Å². The van der Waals surface area contributed by atoms with E-state index in [0.717, 1.165) is 25.1 Å². The number of hydrogen-bond acceptors (Lipinski definition) is 6. The summed E-state index contributed by atoms with van der Waals surface area (Å²) in [6.45, 7) is 3.43. The van der Waals surface area contributed by atoms with Gasteiger partial charge in [0, 0.05) is 44.0 Å². The number of fused-ring (bicyclic) bond motifs is 1. The number of sulfonamides is 1. The van der Waals surface area contributed by atoms with Gasteiger partial charge in [-0.15, -0.1) is 4.40 Å². The van der Waals surface area contributed by atoms with Crippen molar-refractivity contribution in [1.29, 1.82) is 5.26 Å². The van der Waals surface area contributed by atoms with Crippen molar-refractivity contribution < 1.29 is 13.2 Å². The Morgan fingerprint density at radius 3 is 2.55 bits per heavy atom. The van der Waals surface area contributed by atoms with Gasteiger partial charge >= 0.3 is 0 Å². The van der Waals surface area contributed by atoms with Crippen LogP contribution in [0, 0.1) is 11.3 Å². The molecule has 0 N–H and O–H groups in total. The summed E-state index contributed by atoms with van der Waals surface area (Å²) in [7, 11) is -3.72. The van der Waals surface area contributed by atoms with E-state index in [4.69, 9.17) is 5.26 Å². The minimum atomic E-state index is -3.72. The maximum atomic E-state index is 13.5. The van der Waals surface area contributed by atoms with Crippen molar-refractivity contribution in [2.24, 2.45) is 4.40 Å². The van der Waals surface area contributed by atoms with Crippen LogP contribution < -0.4 is 4.90 Å². The molecular weight excluding hydrogens is 438 g/mol. The monoisotopic (exact) mass is 463 g/mol. The van der Waals surface area contributed by atoms with Crippen LogP contribution in [0.5, 0.6) is 0 Å². The first-order valence-corrected chi connectivity index (χ1v) is 12.7. The third kappa shape index (κ3) is 3.95. The van der Waals surface area contributed by atoms with Gasteiger partial charge in [0.2, 0.25) is 5.91 Å². The van der Waals surface area contributed by atoms with Gasteiger partial charge in [-0.3, -0.25) is 4.79 Å². The van der Waals surface area contributed by atoms with Crippen molar-refractivity contribution in [2.75, 3.05) is 37.6 Å². The zero-order valence-electron chi connectivity index (χ0n) is 18.2. The van der Waals surface area contributed by atoms with Gasteiger partial charge in [0.15, 0.2) is 5.84 Å². The fourth-order valence-corrected chi connectivity index (χ4v) is 6.14. The van der Waals surface area contributed by atoms with Crippen molar-refractivity contribution in [3.8, 4) is 6.07 Å². The average molecular weight is 464 g/mol. The molecule has 2 aromatic carbocycles. The maximum Gasteiger partial charge on any atom is 0.285 e. The second-order valence-electron chi connectivity index (χ2n) is 8.56. The second-order valence-corrected chi connectivity index (χ2v) is 10.1. The molecule has 1 amide bonds. The summed E-state index contributed by atoms with van der Waals surface area (Å²) in [5.74, 6) is 0.439. The summed E-state index contributed by atoms with van der Waals surface area (Å²) in [5, 5.41) is 9.01. The Bertz CT molecular complexity index is 1250. The smallest absolute Gasteiger partial charge is 0.285 e. The first-order chi connectivity index (χ1) is 16.0. The summed E-state index contributed by atoms with van der Waals surface area (Å²) in [5.41, 5.74) is 2.26. The van der Waals surface area contributed by atoms with Crippen LogP contribution in [0.1, 0.15) is 30.4 Å². The molecule has 3 aliphatic rings. The van der Waals surface area contributed by atoms with Crippen LogP contribution in [-0.2, 0) is 14.8 Å². The molecule has 9 heteroatoms. The summed E-state index contributed by atoms with van der Waals surface area (Å²) in [4.78, 5) is 19.8.